The number of carboxylic acid groups (broad SMARTS) is 1. The highest BCUT2D eigenvalue weighted by Gasteiger charge is 2.14. The van der Waals surface area contributed by atoms with Crippen molar-refractivity contribution >= 4 is 50.3 Å². The van der Waals surface area contributed by atoms with Crippen LogP contribution in [0.1, 0.15) is 26.3 Å². The number of hydrogen-bond donors (Lipinski definition) is 3. The number of aromatic nitrogens is 2. The zero-order valence-corrected chi connectivity index (χ0v) is 15.4. The first kappa shape index (κ1) is 18.1. The molecular weight excluding hydrogens is 426 g/mol. The fraction of sp³-hybridized carbons (Fsp3) is 0.0588. The number of fused-ring (bicyclic) bond motifs is 1. The van der Waals surface area contributed by atoms with Crippen molar-refractivity contribution in [2.24, 2.45) is 0 Å². The van der Waals surface area contributed by atoms with Crippen LogP contribution in [0.2, 0.25) is 5.02 Å². The van der Waals surface area contributed by atoms with Crippen molar-refractivity contribution in [1.29, 1.82) is 0 Å². The number of benzene rings is 1. The Hall–Kier alpha value is -2.71. The van der Waals surface area contributed by atoms with Crippen LogP contribution in [-0.2, 0) is 6.54 Å². The van der Waals surface area contributed by atoms with Crippen molar-refractivity contribution in [2.45, 2.75) is 6.54 Å². The first-order valence-corrected chi connectivity index (χ1v) is 8.51. The van der Waals surface area contributed by atoms with E-state index >= 15 is 0 Å². The highest BCUT2D eigenvalue weighted by Crippen LogP contribution is 2.22. The fourth-order valence-corrected chi connectivity index (χ4v) is 2.92. The lowest BCUT2D eigenvalue weighted by atomic mass is 10.1. The largest absolute Gasteiger partial charge is 0.477 e. The molecule has 0 radical (unpaired) electrons. The van der Waals surface area contributed by atoms with Gasteiger partial charge in [0.05, 0.1) is 11.1 Å². The zero-order chi connectivity index (χ0) is 18.8. The van der Waals surface area contributed by atoms with Gasteiger partial charge in [0.25, 0.3) is 11.5 Å². The number of nitrogens with zero attached hydrogens (tertiary/aromatic N) is 1. The average molecular weight is 437 g/mol. The molecule has 9 heteroatoms. The van der Waals surface area contributed by atoms with Crippen LogP contribution in [0, 0.1) is 0 Å². The minimum absolute atomic E-state index is 0.0916. The van der Waals surface area contributed by atoms with Gasteiger partial charge in [0.2, 0.25) is 0 Å². The molecule has 0 aliphatic rings. The summed E-state index contributed by atoms with van der Waals surface area (Å²) in [5.74, 6) is -1.67. The summed E-state index contributed by atoms with van der Waals surface area (Å²) in [7, 11) is 0. The zero-order valence-electron chi connectivity index (χ0n) is 13.0. The molecule has 3 N–H and O–H groups in total. The van der Waals surface area contributed by atoms with Crippen LogP contribution in [0.25, 0.3) is 10.9 Å². The van der Waals surface area contributed by atoms with E-state index < -0.39 is 11.5 Å². The second-order valence-corrected chi connectivity index (χ2v) is 6.65. The Morgan fingerprint density at radius 1 is 1.27 bits per heavy atom. The third-order valence-electron chi connectivity index (χ3n) is 3.66. The summed E-state index contributed by atoms with van der Waals surface area (Å²) in [6.45, 7) is 0.0916. The van der Waals surface area contributed by atoms with Crippen molar-refractivity contribution in [1.82, 2.24) is 15.3 Å². The number of rotatable bonds is 4. The van der Waals surface area contributed by atoms with E-state index in [-0.39, 0.29) is 18.0 Å². The number of aromatic amines is 1. The van der Waals surface area contributed by atoms with Crippen molar-refractivity contribution in [3.63, 3.8) is 0 Å². The van der Waals surface area contributed by atoms with E-state index in [1.54, 1.807) is 24.3 Å². The van der Waals surface area contributed by atoms with E-state index in [2.05, 4.69) is 31.2 Å². The number of amides is 1. The summed E-state index contributed by atoms with van der Waals surface area (Å²) in [6.07, 6.45) is 1.43. The molecule has 0 aliphatic heterocycles. The molecule has 3 aromatic rings. The number of hydrogen-bond acceptors (Lipinski definition) is 4. The maximum absolute atomic E-state index is 12.2. The smallest absolute Gasteiger partial charge is 0.341 e. The molecule has 0 saturated heterocycles. The Morgan fingerprint density at radius 3 is 2.69 bits per heavy atom. The van der Waals surface area contributed by atoms with E-state index in [1.165, 1.54) is 12.3 Å². The van der Waals surface area contributed by atoms with Crippen molar-refractivity contribution in [2.75, 3.05) is 0 Å². The highest BCUT2D eigenvalue weighted by atomic mass is 79.9. The van der Waals surface area contributed by atoms with Crippen LogP contribution in [0.5, 0.6) is 0 Å². The van der Waals surface area contributed by atoms with E-state index in [0.29, 0.717) is 31.7 Å². The molecular formula is C17H11BrClN3O4. The topological polar surface area (TPSA) is 112 Å². The van der Waals surface area contributed by atoms with Crippen LogP contribution in [-0.4, -0.2) is 27.0 Å². The van der Waals surface area contributed by atoms with Crippen LogP contribution in [0.3, 0.4) is 0 Å². The number of carbonyl (C=O) groups excluding carboxylic acids is 1. The van der Waals surface area contributed by atoms with Gasteiger partial charge in [-0.05, 0) is 51.8 Å². The Labute approximate surface area is 160 Å². The van der Waals surface area contributed by atoms with Crippen LogP contribution in [0.15, 0.2) is 45.9 Å². The number of carbonyl (C=O) groups is 2. The molecule has 2 heterocycles. The molecule has 0 bridgehead atoms. The number of halogens is 2. The molecule has 3 rings (SSSR count). The number of aromatic carboxylic acids is 1. The lowest BCUT2D eigenvalue weighted by Gasteiger charge is -2.10. The predicted molar refractivity (Wildman–Crippen MR) is 99.6 cm³/mol. The van der Waals surface area contributed by atoms with Crippen molar-refractivity contribution < 1.29 is 14.7 Å². The van der Waals surface area contributed by atoms with Gasteiger partial charge in [-0.1, -0.05) is 11.6 Å². The summed E-state index contributed by atoms with van der Waals surface area (Å²) in [6, 6.07) is 7.66. The third-order valence-corrected chi connectivity index (χ3v) is 4.34. The minimum Gasteiger partial charge on any atom is -0.477 e. The van der Waals surface area contributed by atoms with Crippen LogP contribution < -0.4 is 10.9 Å². The molecule has 2 aromatic heterocycles. The molecule has 0 unspecified atom stereocenters. The first-order chi connectivity index (χ1) is 12.3. The Kier molecular flexibility index (Phi) is 5.06. The van der Waals surface area contributed by atoms with Gasteiger partial charge in [0, 0.05) is 23.2 Å². The monoisotopic (exact) mass is 435 g/mol. The number of H-pyrrole nitrogens is 1. The van der Waals surface area contributed by atoms with E-state index in [0.717, 1.165) is 0 Å². The minimum atomic E-state index is -1.33. The molecule has 0 fully saturated rings. The van der Waals surface area contributed by atoms with E-state index in [4.69, 9.17) is 16.7 Å². The summed E-state index contributed by atoms with van der Waals surface area (Å²) < 4.78 is 0.613. The SMILES string of the molecule is O=C(NCc1cc(Cl)cc2cc(C(=O)O)c(=O)[nH]c12)c1ccc(Br)nc1. The van der Waals surface area contributed by atoms with Crippen molar-refractivity contribution in [3.05, 3.63) is 73.2 Å². The molecule has 132 valence electrons. The number of pyridine rings is 2. The van der Waals surface area contributed by atoms with E-state index in [1.807, 2.05) is 0 Å². The van der Waals surface area contributed by atoms with Gasteiger partial charge in [0.15, 0.2) is 0 Å². The molecule has 1 amide bonds. The standard InChI is InChI=1S/C17H11BrClN3O4/c18-13-2-1-8(6-20-13)15(23)21-7-10-4-11(19)3-9-5-12(17(25)26)16(24)22-14(9)10/h1-6H,7H2,(H,21,23)(H,22,24)(H,25,26). The molecule has 7 nitrogen and oxygen atoms in total. The van der Waals surface area contributed by atoms with Gasteiger partial charge in [-0.15, -0.1) is 0 Å². The van der Waals surface area contributed by atoms with Gasteiger partial charge in [-0.3, -0.25) is 9.59 Å². The fourth-order valence-electron chi connectivity index (χ4n) is 2.44. The summed E-state index contributed by atoms with van der Waals surface area (Å²) in [5, 5.41) is 12.6. The Bertz CT molecular complexity index is 1080. The van der Waals surface area contributed by atoms with E-state index in [9.17, 15) is 14.4 Å². The lowest BCUT2D eigenvalue weighted by Crippen LogP contribution is -2.24. The maximum Gasteiger partial charge on any atom is 0.341 e. The second-order valence-electron chi connectivity index (χ2n) is 5.40. The van der Waals surface area contributed by atoms with Gasteiger partial charge < -0.3 is 15.4 Å². The first-order valence-electron chi connectivity index (χ1n) is 7.33. The highest BCUT2D eigenvalue weighted by molar-refractivity contribution is 9.10. The molecule has 1 aromatic carbocycles. The number of carboxylic acids is 1. The van der Waals surface area contributed by atoms with Crippen LogP contribution in [0.4, 0.5) is 0 Å². The van der Waals surface area contributed by atoms with Gasteiger partial charge >= 0.3 is 5.97 Å². The maximum atomic E-state index is 12.2. The van der Waals surface area contributed by atoms with Crippen LogP contribution >= 0.6 is 27.5 Å². The molecule has 0 atom stereocenters. The predicted octanol–water partition coefficient (Wildman–Crippen LogP) is 2.97. The molecule has 0 spiro atoms. The van der Waals surface area contributed by atoms with Gasteiger partial charge in [-0.2, -0.15) is 0 Å². The van der Waals surface area contributed by atoms with Crippen molar-refractivity contribution in [3.8, 4) is 0 Å². The molecule has 0 aliphatic carbocycles. The lowest BCUT2D eigenvalue weighted by molar-refractivity contribution is 0.0695. The average Bonchev–Trinajstić information content (AvgIpc) is 2.59. The molecule has 26 heavy (non-hydrogen) atoms. The summed E-state index contributed by atoms with van der Waals surface area (Å²) in [5.41, 5.74) is 0.243. The van der Waals surface area contributed by atoms with Gasteiger partial charge in [0.1, 0.15) is 10.2 Å². The number of nitrogens with one attached hydrogen (secondary N) is 2. The summed E-state index contributed by atoms with van der Waals surface area (Å²) in [4.78, 5) is 41.8. The quantitative estimate of drug-likeness (QED) is 0.544. The molecule has 0 saturated carbocycles. The second kappa shape index (κ2) is 7.27. The summed E-state index contributed by atoms with van der Waals surface area (Å²) >= 11 is 9.27. The normalized spacial score (nSPS) is 10.7. The Morgan fingerprint density at radius 2 is 2.04 bits per heavy atom. The van der Waals surface area contributed by atoms with Gasteiger partial charge in [-0.25, -0.2) is 9.78 Å². The Balaban J connectivity index is 1.93. The third kappa shape index (κ3) is 3.76.